The van der Waals surface area contributed by atoms with Crippen molar-refractivity contribution >= 4 is 22.5 Å². The van der Waals surface area contributed by atoms with Gasteiger partial charge < -0.3 is 24.3 Å². The highest BCUT2D eigenvalue weighted by atomic mass is 19.1. The maximum Gasteiger partial charge on any atom is 0.254 e. The summed E-state index contributed by atoms with van der Waals surface area (Å²) in [7, 11) is 1.65. The molecule has 0 saturated carbocycles. The molecule has 0 radical (unpaired) electrons. The average molecular weight is 512 g/mol. The van der Waals surface area contributed by atoms with Crippen LogP contribution < -0.4 is 10.5 Å². The van der Waals surface area contributed by atoms with Gasteiger partial charge in [0.05, 0.1) is 12.8 Å². The van der Waals surface area contributed by atoms with Gasteiger partial charge in [0.2, 0.25) is 0 Å². The summed E-state index contributed by atoms with van der Waals surface area (Å²) >= 11 is 0. The summed E-state index contributed by atoms with van der Waals surface area (Å²) in [6.45, 7) is 3.89. The zero-order valence-electron chi connectivity index (χ0n) is 21.5. The first-order valence-electron chi connectivity index (χ1n) is 12.9. The number of benzene rings is 2. The number of aromatic nitrogens is 3. The van der Waals surface area contributed by atoms with Crippen molar-refractivity contribution in [2.75, 3.05) is 20.2 Å². The van der Waals surface area contributed by atoms with Crippen LogP contribution in [0.1, 0.15) is 34.5 Å². The molecule has 0 aliphatic carbocycles. The van der Waals surface area contributed by atoms with Crippen LogP contribution >= 0.6 is 0 Å². The third-order valence-corrected chi connectivity index (χ3v) is 7.46. The molecule has 2 aromatic carbocycles. The quantitative estimate of drug-likeness (QED) is 0.359. The van der Waals surface area contributed by atoms with E-state index in [4.69, 9.17) is 15.5 Å². The van der Waals surface area contributed by atoms with E-state index in [0.717, 1.165) is 58.7 Å². The Bertz CT molecular complexity index is 1650. The second-order valence-electron chi connectivity index (χ2n) is 10.0. The monoisotopic (exact) mass is 511 g/mol. The molecule has 38 heavy (non-hydrogen) atoms. The van der Waals surface area contributed by atoms with Gasteiger partial charge in [-0.1, -0.05) is 12.1 Å². The first-order valence-corrected chi connectivity index (χ1v) is 12.9. The molecule has 0 spiro atoms. The number of halogens is 1. The third kappa shape index (κ3) is 4.31. The number of hydrogen-bond donors (Lipinski definition) is 1. The van der Waals surface area contributed by atoms with Crippen LogP contribution in [-0.4, -0.2) is 51.0 Å². The molecule has 1 aliphatic heterocycles. The summed E-state index contributed by atoms with van der Waals surface area (Å²) in [5.41, 5.74) is 12.0. The molecule has 4 heterocycles. The van der Waals surface area contributed by atoms with E-state index in [-0.39, 0.29) is 17.8 Å². The number of pyridine rings is 1. The normalized spacial score (nSPS) is 15.9. The number of nitrogens with zero attached hydrogens (tertiary/aromatic N) is 4. The SMILES string of the molecule is COc1ccc(Cn2c(-c3nc4cc(C(=O)N5CCC[C@@H](N)C5)ccn4c3C)cc3cc(F)ccc32)cc1. The number of aryl methyl sites for hydroxylation is 1. The summed E-state index contributed by atoms with van der Waals surface area (Å²) < 4.78 is 23.6. The van der Waals surface area contributed by atoms with Crippen LogP contribution in [0.4, 0.5) is 4.39 Å². The van der Waals surface area contributed by atoms with Crippen LogP contribution in [0.5, 0.6) is 5.75 Å². The van der Waals surface area contributed by atoms with Crippen LogP contribution in [-0.2, 0) is 6.54 Å². The zero-order chi connectivity index (χ0) is 26.4. The van der Waals surface area contributed by atoms with Gasteiger partial charge in [-0.2, -0.15) is 0 Å². The van der Waals surface area contributed by atoms with E-state index in [0.29, 0.717) is 24.3 Å². The van der Waals surface area contributed by atoms with Gasteiger partial charge in [-0.25, -0.2) is 9.37 Å². The predicted molar refractivity (Wildman–Crippen MR) is 146 cm³/mol. The molecule has 8 heteroatoms. The number of likely N-dealkylation sites (tertiary alicyclic amines) is 1. The molecular formula is C30H30FN5O2. The van der Waals surface area contributed by atoms with Gasteiger partial charge in [-0.3, -0.25) is 4.79 Å². The lowest BCUT2D eigenvalue weighted by atomic mass is 10.1. The van der Waals surface area contributed by atoms with Gasteiger partial charge in [0, 0.05) is 54.0 Å². The molecule has 3 aromatic heterocycles. The standard InChI is InChI=1S/C30H30FN5O2/c1-19-29(33-28-16-21(11-13-35(19)28)30(37)34-12-3-4-24(32)18-34)27-15-22-14-23(31)7-10-26(22)36(27)17-20-5-8-25(38-2)9-6-20/h5-11,13-16,24H,3-4,12,17-18,32H2,1-2H3/t24-/m1/s1. The minimum Gasteiger partial charge on any atom is -0.497 e. The number of carbonyl (C=O) groups is 1. The Labute approximate surface area is 220 Å². The summed E-state index contributed by atoms with van der Waals surface area (Å²) in [6, 6.07) is 18.5. The van der Waals surface area contributed by atoms with Crippen molar-refractivity contribution in [3.05, 3.63) is 89.5 Å². The van der Waals surface area contributed by atoms with Gasteiger partial charge in [-0.15, -0.1) is 0 Å². The van der Waals surface area contributed by atoms with E-state index in [1.165, 1.54) is 6.07 Å². The van der Waals surface area contributed by atoms with Crippen LogP contribution in [0.3, 0.4) is 0 Å². The Balaban J connectivity index is 1.42. The molecule has 1 fully saturated rings. The average Bonchev–Trinajstić information content (AvgIpc) is 3.44. The lowest BCUT2D eigenvalue weighted by Crippen LogP contribution is -2.45. The number of carbonyl (C=O) groups excluding carboxylic acids is 1. The second kappa shape index (κ2) is 9.61. The van der Waals surface area contributed by atoms with Crippen molar-refractivity contribution in [1.82, 2.24) is 18.9 Å². The van der Waals surface area contributed by atoms with Crippen molar-refractivity contribution < 1.29 is 13.9 Å². The molecule has 2 N–H and O–H groups in total. The smallest absolute Gasteiger partial charge is 0.254 e. The highest BCUT2D eigenvalue weighted by Crippen LogP contribution is 2.32. The topological polar surface area (TPSA) is 77.8 Å². The van der Waals surface area contributed by atoms with E-state index in [2.05, 4.69) is 4.57 Å². The Morgan fingerprint density at radius 3 is 2.71 bits per heavy atom. The minimum atomic E-state index is -0.280. The number of fused-ring (bicyclic) bond motifs is 2. The fourth-order valence-electron chi connectivity index (χ4n) is 5.44. The van der Waals surface area contributed by atoms with E-state index in [1.807, 2.05) is 71.0 Å². The minimum absolute atomic E-state index is 0.0195. The summed E-state index contributed by atoms with van der Waals surface area (Å²) in [5, 5.41) is 0.808. The summed E-state index contributed by atoms with van der Waals surface area (Å²) in [5.74, 6) is 0.494. The molecule has 1 saturated heterocycles. The molecule has 1 amide bonds. The Kier molecular flexibility index (Phi) is 6.12. The maximum atomic E-state index is 14.1. The number of ether oxygens (including phenoxy) is 1. The first kappa shape index (κ1) is 24.2. The molecule has 6 rings (SSSR count). The number of imidazole rings is 1. The molecule has 1 atom stereocenters. The number of methoxy groups -OCH3 is 1. The lowest BCUT2D eigenvalue weighted by molar-refractivity contribution is 0.0709. The van der Waals surface area contributed by atoms with Gasteiger partial charge >= 0.3 is 0 Å². The second-order valence-corrected chi connectivity index (χ2v) is 10.0. The van der Waals surface area contributed by atoms with Crippen LogP contribution in [0, 0.1) is 12.7 Å². The number of nitrogens with two attached hydrogens (primary N) is 1. The van der Waals surface area contributed by atoms with Crippen molar-refractivity contribution in [3.8, 4) is 17.1 Å². The maximum absolute atomic E-state index is 14.1. The van der Waals surface area contributed by atoms with Crippen molar-refractivity contribution in [1.29, 1.82) is 0 Å². The molecule has 0 unspecified atom stereocenters. The highest BCUT2D eigenvalue weighted by molar-refractivity contribution is 5.95. The highest BCUT2D eigenvalue weighted by Gasteiger charge is 2.24. The largest absolute Gasteiger partial charge is 0.497 e. The van der Waals surface area contributed by atoms with Crippen LogP contribution in [0.2, 0.25) is 0 Å². The third-order valence-electron chi connectivity index (χ3n) is 7.46. The predicted octanol–water partition coefficient (Wildman–Crippen LogP) is 5.02. The van der Waals surface area contributed by atoms with E-state index < -0.39 is 0 Å². The molecule has 7 nitrogen and oxygen atoms in total. The fourth-order valence-corrected chi connectivity index (χ4v) is 5.44. The Hall–Kier alpha value is -4.17. The molecule has 5 aromatic rings. The van der Waals surface area contributed by atoms with Gasteiger partial charge in [0.25, 0.3) is 5.91 Å². The number of amides is 1. The molecule has 194 valence electrons. The Morgan fingerprint density at radius 2 is 1.95 bits per heavy atom. The summed E-state index contributed by atoms with van der Waals surface area (Å²) in [4.78, 5) is 20.0. The fraction of sp³-hybridized carbons (Fsp3) is 0.267. The van der Waals surface area contributed by atoms with E-state index in [1.54, 1.807) is 13.2 Å². The molecular weight excluding hydrogens is 481 g/mol. The number of piperidine rings is 1. The van der Waals surface area contributed by atoms with Crippen LogP contribution in [0.25, 0.3) is 27.9 Å². The van der Waals surface area contributed by atoms with Gasteiger partial charge in [-0.05, 0) is 73.9 Å². The van der Waals surface area contributed by atoms with Crippen molar-refractivity contribution in [2.24, 2.45) is 5.73 Å². The van der Waals surface area contributed by atoms with Gasteiger partial charge in [0.1, 0.15) is 22.9 Å². The number of hydrogen-bond acceptors (Lipinski definition) is 4. The Morgan fingerprint density at radius 1 is 1.13 bits per heavy atom. The van der Waals surface area contributed by atoms with Gasteiger partial charge in [0.15, 0.2) is 0 Å². The zero-order valence-corrected chi connectivity index (χ0v) is 21.5. The lowest BCUT2D eigenvalue weighted by Gasteiger charge is -2.30. The first-order chi connectivity index (χ1) is 18.4. The van der Waals surface area contributed by atoms with Crippen molar-refractivity contribution in [2.45, 2.75) is 32.4 Å². The van der Waals surface area contributed by atoms with E-state index in [9.17, 15) is 9.18 Å². The van der Waals surface area contributed by atoms with Crippen LogP contribution in [0.15, 0.2) is 66.9 Å². The van der Waals surface area contributed by atoms with E-state index >= 15 is 0 Å². The molecule has 0 bridgehead atoms. The van der Waals surface area contributed by atoms with Crippen molar-refractivity contribution in [3.63, 3.8) is 0 Å². The molecule has 1 aliphatic rings. The summed E-state index contributed by atoms with van der Waals surface area (Å²) in [6.07, 6.45) is 3.76. The number of rotatable bonds is 5.